The van der Waals surface area contributed by atoms with Crippen molar-refractivity contribution < 1.29 is 112 Å². The summed E-state index contributed by atoms with van der Waals surface area (Å²) in [4.78, 5) is 200. The number of nitrogens with two attached hydrogens (primary N) is 1. The van der Waals surface area contributed by atoms with E-state index in [0.717, 1.165) is 29.1 Å². The molecule has 0 aromatic heterocycles. The van der Waals surface area contributed by atoms with Crippen molar-refractivity contribution >= 4 is 112 Å². The van der Waals surface area contributed by atoms with E-state index in [2.05, 4.69) is 42.4 Å². The number of benzene rings is 3. The van der Waals surface area contributed by atoms with E-state index >= 15 is 0 Å². The number of unbranched alkanes of at least 4 members (excludes halogenated alkanes) is 4. The molecule has 3 aromatic rings. The Morgan fingerprint density at radius 3 is 1.85 bits per heavy atom. The lowest BCUT2D eigenvalue weighted by molar-refractivity contribution is -0.151. The van der Waals surface area contributed by atoms with Gasteiger partial charge in [0.25, 0.3) is 0 Å². The molecule has 15 N–H and O–H groups in total. The third-order valence-electron chi connectivity index (χ3n) is 20.6. The van der Waals surface area contributed by atoms with Gasteiger partial charge in [-0.1, -0.05) is 24.9 Å². The number of thiocarbonyl (C=S) groups is 1. The van der Waals surface area contributed by atoms with Gasteiger partial charge in [0, 0.05) is 99.0 Å². The molecule has 36 nitrogen and oxygen atoms in total. The number of fused-ring (bicyclic) bond motifs is 6. The number of carboxylic acids is 3. The summed E-state index contributed by atoms with van der Waals surface area (Å²) >= 11 is 5.63. The van der Waals surface area contributed by atoms with Gasteiger partial charge in [-0.15, -0.1) is 0 Å². The lowest BCUT2D eigenvalue weighted by atomic mass is 9.77. The Labute approximate surface area is 649 Å². The summed E-state index contributed by atoms with van der Waals surface area (Å²) in [5.74, 6) is -12.8. The Bertz CT molecular complexity index is 4070. The number of oxime groups is 1. The summed E-state index contributed by atoms with van der Waals surface area (Å²) in [6.07, 6.45) is 1.57. The number of ether oxygens (including phenoxy) is 2. The lowest BCUT2D eigenvalue weighted by Gasteiger charge is -2.39. The minimum absolute atomic E-state index is 0.00815. The molecule has 0 aliphatic carbocycles. The molecule has 1 unspecified atom stereocenters. The number of rotatable bonds is 36. The highest BCUT2D eigenvalue weighted by molar-refractivity contribution is 7.80. The number of nitrogens with zero attached hydrogens (tertiary/aromatic N) is 5. The summed E-state index contributed by atoms with van der Waals surface area (Å²) in [7, 11) is 0. The Morgan fingerprint density at radius 2 is 1.21 bits per heavy atom. The molecule has 1 spiro atoms. The van der Waals surface area contributed by atoms with Crippen molar-refractivity contribution in [1.82, 2.24) is 51.5 Å². The van der Waals surface area contributed by atoms with E-state index in [4.69, 9.17) is 32.3 Å². The topological polar surface area (TPSA) is 524 Å². The fourth-order valence-electron chi connectivity index (χ4n) is 14.9. The number of carbonyl (C=O) groups is 14. The zero-order valence-electron chi connectivity index (χ0n) is 62.4. The Kier molecular flexibility index (Phi) is 29.2. The van der Waals surface area contributed by atoms with Gasteiger partial charge in [-0.3, -0.25) is 62.3 Å². The zero-order valence-corrected chi connectivity index (χ0v) is 63.2. The van der Waals surface area contributed by atoms with E-state index in [-0.39, 0.29) is 104 Å². The number of nitrogens with one attached hydrogen (secondary N) is 7. The number of phenolic OH excluding ortho intramolecular Hbond substituents is 2. The quantitative estimate of drug-likeness (QED) is 0.0130. The minimum atomic E-state index is -1.75. The number of amides is 10. The second-order valence-electron chi connectivity index (χ2n) is 28.7. The van der Waals surface area contributed by atoms with Gasteiger partial charge in [0.05, 0.1) is 18.2 Å². The average Bonchev–Trinajstić information content (AvgIpc) is 1.51. The Balaban J connectivity index is 0.784. The molecule has 3 aromatic carbocycles. The average molecular weight is 1580 g/mol. The van der Waals surface area contributed by atoms with Crippen molar-refractivity contribution in [3.8, 4) is 23.0 Å². The molecule has 4 saturated heterocycles. The van der Waals surface area contributed by atoms with Crippen LogP contribution in [0.15, 0.2) is 59.8 Å². The molecule has 37 heteroatoms. The van der Waals surface area contributed by atoms with Crippen molar-refractivity contribution in [2.45, 2.75) is 228 Å². The van der Waals surface area contributed by atoms with E-state index in [1.54, 1.807) is 30.3 Å². The first kappa shape index (κ1) is 84.8. The fourth-order valence-corrected chi connectivity index (χ4v) is 15.1. The van der Waals surface area contributed by atoms with Gasteiger partial charge in [-0.2, -0.15) is 0 Å². The standard InChI is InChI=1S/C75H97N13O23S/c1-4-5-6-9-31-78-111-45-38-56(68(103)82-51(25-28-61(95)96)65(100)81-50(64(76)99)24-27-60(93)94)88(39-45)72(107)55-14-8-11-32-87(55)70(105)40(2)79-69(104)63(41(3)89)84-67(102)54-16-13-34-86(54)71(106)52(26-29-62(97)98)83-66(101)53-15-12-33-85(53)59(92)17-7-10-30-77-74(112)80-42-18-21-46-49(35-42)75(110-73(46)108)47-22-19-43(90)36-57(47)109-58-37-44(91)20-23-48(58)75/h18-23,31,35-37,40-41,45,50-56,63,89-91H,4-17,24-30,32-34,38-39H2,1-3H3,(H2,76,99)(H,79,104)(H,81,100)(H,82,103)(H,83,101)(H,84,102)(H,93,94)(H,95,96)(H,97,98)(H2,77,80,112)/b78-31-/t40-,41+,45-,50-,51-,52-,53-,54-,55?,56-,63-/m0/s1. The van der Waals surface area contributed by atoms with Gasteiger partial charge in [-0.05, 0) is 158 Å². The first-order valence-electron chi connectivity index (χ1n) is 37.7. The summed E-state index contributed by atoms with van der Waals surface area (Å²) < 4.78 is 12.2. The molecule has 112 heavy (non-hydrogen) atoms. The van der Waals surface area contributed by atoms with Crippen molar-refractivity contribution in [2.75, 3.05) is 38.0 Å². The van der Waals surface area contributed by atoms with Crippen LogP contribution in [0.3, 0.4) is 0 Å². The maximum absolute atomic E-state index is 14.9. The van der Waals surface area contributed by atoms with E-state index in [1.807, 2.05) is 6.92 Å². The fraction of sp³-hybridized carbons (Fsp3) is 0.547. The van der Waals surface area contributed by atoms with Crippen molar-refractivity contribution in [1.29, 1.82) is 0 Å². The second kappa shape index (κ2) is 38.6. The van der Waals surface area contributed by atoms with Crippen LogP contribution in [0.2, 0.25) is 0 Å². The third-order valence-corrected chi connectivity index (χ3v) is 20.9. The van der Waals surface area contributed by atoms with Gasteiger partial charge in [0.15, 0.2) is 10.7 Å². The minimum Gasteiger partial charge on any atom is -0.508 e. The predicted molar refractivity (Wildman–Crippen MR) is 399 cm³/mol. The van der Waals surface area contributed by atoms with Crippen molar-refractivity contribution in [3.63, 3.8) is 0 Å². The number of aromatic hydroxyl groups is 2. The highest BCUT2D eigenvalue weighted by Crippen LogP contribution is 2.57. The normalized spacial score (nSPS) is 20.2. The zero-order chi connectivity index (χ0) is 81.3. The Hall–Kier alpha value is -11.2. The van der Waals surface area contributed by atoms with Crippen LogP contribution in [0.5, 0.6) is 23.0 Å². The highest BCUT2D eigenvalue weighted by atomic mass is 32.1. The van der Waals surface area contributed by atoms with Crippen molar-refractivity contribution in [3.05, 3.63) is 76.9 Å². The summed E-state index contributed by atoms with van der Waals surface area (Å²) in [5.41, 5.74) is 6.02. The van der Waals surface area contributed by atoms with Gasteiger partial charge >= 0.3 is 23.9 Å². The van der Waals surface area contributed by atoms with Crippen molar-refractivity contribution in [2.24, 2.45) is 10.9 Å². The van der Waals surface area contributed by atoms with Crippen LogP contribution in [-0.2, 0) is 77.5 Å². The van der Waals surface area contributed by atoms with Crippen LogP contribution in [-0.4, -0.2) is 244 Å². The number of carboxylic acid groups (broad SMARTS) is 3. The number of piperidine rings is 1. The largest absolute Gasteiger partial charge is 0.508 e. The van der Waals surface area contributed by atoms with E-state index in [0.29, 0.717) is 67.4 Å². The van der Waals surface area contributed by atoms with Crippen LogP contribution in [0.4, 0.5) is 5.69 Å². The van der Waals surface area contributed by atoms with Crippen LogP contribution in [0, 0.1) is 0 Å². The van der Waals surface area contributed by atoms with E-state index < -0.39 is 188 Å². The predicted octanol–water partition coefficient (Wildman–Crippen LogP) is 1.94. The number of esters is 1. The summed E-state index contributed by atoms with van der Waals surface area (Å²) in [5, 5.41) is 83.2. The number of hydrogen-bond donors (Lipinski definition) is 14. The van der Waals surface area contributed by atoms with Crippen LogP contribution in [0.25, 0.3) is 0 Å². The number of aliphatic carboxylic acids is 3. The molecule has 4 fully saturated rings. The maximum atomic E-state index is 14.9. The highest BCUT2D eigenvalue weighted by Gasteiger charge is 2.55. The molecule has 6 heterocycles. The molecule has 11 atom stereocenters. The molecule has 0 saturated carbocycles. The number of likely N-dealkylation sites (tertiary alicyclic amines) is 4. The Morgan fingerprint density at radius 1 is 0.634 bits per heavy atom. The first-order chi connectivity index (χ1) is 53.4. The molecule has 10 amide bonds. The second-order valence-corrected chi connectivity index (χ2v) is 29.1. The summed E-state index contributed by atoms with van der Waals surface area (Å²) in [6.45, 7) is 4.77. The van der Waals surface area contributed by atoms with E-state index in [1.165, 1.54) is 54.1 Å². The molecule has 9 rings (SSSR count). The maximum Gasteiger partial charge on any atom is 0.340 e. The molecular formula is C75H97N13O23S. The van der Waals surface area contributed by atoms with Gasteiger partial charge in [0.1, 0.15) is 83.5 Å². The molecule has 0 radical (unpaired) electrons. The van der Waals surface area contributed by atoms with Crippen LogP contribution >= 0.6 is 12.2 Å². The molecule has 606 valence electrons. The number of phenols is 2. The SMILES string of the molecule is CCCCC/C=N\O[C@H]1C[C@@H](C(=O)N[C@@H](CCC(=O)O)C(=O)N[C@@H](CCC(=O)O)C(N)=O)N(C(=O)C2CCCCN2C(=O)[C@H](C)NC(=O)[C@@H](NC(=O)[C@@H]2CCCN2C(=O)[C@H](CCC(=O)O)NC(=O)[C@@H]2CCCN2C(=O)CCCCNC(=S)Nc2ccc3c(c2)C2(OC3=O)c3ccc(O)cc3Oc3cc(O)ccc32)[C@@H](C)O)C1. The van der Waals surface area contributed by atoms with E-state index in [9.17, 15) is 97.8 Å². The summed E-state index contributed by atoms with van der Waals surface area (Å²) in [6, 6.07) is 0.966. The molecular weight excluding hydrogens is 1480 g/mol. The number of aliphatic hydroxyl groups excluding tert-OH is 1. The first-order valence-corrected chi connectivity index (χ1v) is 38.1. The number of hydrogen-bond acceptors (Lipinski definition) is 22. The number of primary amides is 1. The number of anilines is 1. The lowest BCUT2D eigenvalue weighted by Crippen LogP contribution is -2.62. The smallest absolute Gasteiger partial charge is 0.340 e. The number of carbonyl (C=O) groups excluding carboxylic acids is 11. The molecule has 6 aliphatic heterocycles. The monoisotopic (exact) mass is 1580 g/mol. The van der Waals surface area contributed by atoms with Crippen LogP contribution in [0.1, 0.15) is 183 Å². The number of aliphatic hydroxyl groups is 1. The molecule has 0 bridgehead atoms. The van der Waals surface area contributed by atoms with Crippen LogP contribution < -0.4 is 47.7 Å². The third kappa shape index (κ3) is 20.9. The van der Waals surface area contributed by atoms with Gasteiger partial charge in [0.2, 0.25) is 59.1 Å². The molecule has 6 aliphatic rings. The van der Waals surface area contributed by atoms with Gasteiger partial charge in [-0.25, -0.2) is 4.79 Å². The van der Waals surface area contributed by atoms with Gasteiger partial charge < -0.3 is 108 Å².